The van der Waals surface area contributed by atoms with Gasteiger partial charge in [-0.2, -0.15) is 5.26 Å². The van der Waals surface area contributed by atoms with Crippen LogP contribution in [0, 0.1) is 23.2 Å². The summed E-state index contributed by atoms with van der Waals surface area (Å²) >= 11 is 0. The Morgan fingerprint density at radius 3 is 2.64 bits per heavy atom. The van der Waals surface area contributed by atoms with Crippen LogP contribution in [0.5, 0.6) is 0 Å². The molecule has 25 heavy (non-hydrogen) atoms. The lowest BCUT2D eigenvalue weighted by Crippen LogP contribution is -2.20. The third kappa shape index (κ3) is 3.74. The van der Waals surface area contributed by atoms with E-state index >= 15 is 0 Å². The summed E-state index contributed by atoms with van der Waals surface area (Å²) in [4.78, 5) is 0. The van der Waals surface area contributed by atoms with Crippen LogP contribution in [0.2, 0.25) is 0 Å². The van der Waals surface area contributed by atoms with Crippen molar-refractivity contribution in [2.24, 2.45) is 11.8 Å². The van der Waals surface area contributed by atoms with Gasteiger partial charge >= 0.3 is 0 Å². The van der Waals surface area contributed by atoms with Crippen LogP contribution in [0.15, 0.2) is 6.20 Å². The van der Waals surface area contributed by atoms with Gasteiger partial charge in [0.25, 0.3) is 0 Å². The quantitative estimate of drug-likeness (QED) is 0.778. The average molecular weight is 342 g/mol. The Morgan fingerprint density at radius 2 is 1.96 bits per heavy atom. The highest BCUT2D eigenvalue weighted by molar-refractivity contribution is 5.17. The molecule has 4 rings (SSSR count). The number of aromatic nitrogens is 3. The fraction of sp³-hybridized carbons (Fsp3) is 0.850. The number of ether oxygens (including phenoxy) is 1. The van der Waals surface area contributed by atoms with E-state index in [0.717, 1.165) is 43.6 Å². The van der Waals surface area contributed by atoms with Crippen molar-refractivity contribution in [2.45, 2.75) is 82.1 Å². The zero-order valence-corrected chi connectivity index (χ0v) is 15.2. The van der Waals surface area contributed by atoms with E-state index in [1.165, 1.54) is 57.8 Å². The molecule has 0 radical (unpaired) electrons. The normalized spacial score (nSPS) is 25.4. The second-order valence-electron chi connectivity index (χ2n) is 8.37. The molecular weight excluding hydrogens is 312 g/mol. The average Bonchev–Trinajstić information content (AvgIpc) is 3.33. The van der Waals surface area contributed by atoms with Gasteiger partial charge in [0.05, 0.1) is 18.0 Å². The maximum absolute atomic E-state index is 9.43. The molecular formula is C20H30N4O. The molecule has 0 N–H and O–H groups in total. The van der Waals surface area contributed by atoms with E-state index < -0.39 is 0 Å². The Labute approximate surface area is 150 Å². The van der Waals surface area contributed by atoms with E-state index in [9.17, 15) is 5.26 Å². The highest BCUT2D eigenvalue weighted by Gasteiger charge is 2.47. The van der Waals surface area contributed by atoms with E-state index in [1.807, 2.05) is 4.68 Å². The Bertz CT molecular complexity index is 603. The highest BCUT2D eigenvalue weighted by atomic mass is 16.5. The molecule has 1 aromatic rings. The first-order chi connectivity index (χ1) is 12.3. The van der Waals surface area contributed by atoms with Gasteiger partial charge in [-0.1, -0.05) is 24.5 Å². The van der Waals surface area contributed by atoms with Crippen LogP contribution in [-0.2, 0) is 10.3 Å². The lowest BCUT2D eigenvalue weighted by molar-refractivity contribution is 0.0617. The third-order valence-electron chi connectivity index (χ3n) is 6.71. The van der Waals surface area contributed by atoms with Crippen molar-refractivity contribution in [2.75, 3.05) is 13.2 Å². The minimum atomic E-state index is -0.386. The van der Waals surface area contributed by atoms with E-state index in [1.54, 1.807) is 0 Å². The topological polar surface area (TPSA) is 63.7 Å². The summed E-state index contributed by atoms with van der Waals surface area (Å²) in [7, 11) is 0. The van der Waals surface area contributed by atoms with E-state index in [4.69, 9.17) is 4.74 Å². The molecule has 1 aromatic heterocycles. The second kappa shape index (κ2) is 7.45. The van der Waals surface area contributed by atoms with Gasteiger partial charge in [-0.3, -0.25) is 0 Å². The molecule has 0 amide bonds. The summed E-state index contributed by atoms with van der Waals surface area (Å²) in [6.45, 7) is 1.86. The zero-order valence-electron chi connectivity index (χ0n) is 15.2. The van der Waals surface area contributed by atoms with Crippen molar-refractivity contribution in [3.8, 4) is 6.07 Å². The van der Waals surface area contributed by atoms with Gasteiger partial charge in [-0.25, -0.2) is 4.68 Å². The van der Waals surface area contributed by atoms with E-state index in [0.29, 0.717) is 5.92 Å². The molecule has 2 heterocycles. The largest absolute Gasteiger partial charge is 0.381 e. The van der Waals surface area contributed by atoms with Gasteiger partial charge in [0.15, 0.2) is 5.54 Å². The molecule has 3 fully saturated rings. The Morgan fingerprint density at radius 1 is 1.20 bits per heavy atom. The van der Waals surface area contributed by atoms with Crippen molar-refractivity contribution < 1.29 is 4.74 Å². The maximum atomic E-state index is 9.43. The molecule has 3 aliphatic rings. The fourth-order valence-electron chi connectivity index (χ4n) is 4.78. The van der Waals surface area contributed by atoms with Gasteiger partial charge in [0.2, 0.25) is 0 Å². The van der Waals surface area contributed by atoms with Crippen LogP contribution in [0.1, 0.15) is 82.2 Å². The van der Waals surface area contributed by atoms with E-state index in [-0.39, 0.29) is 5.54 Å². The highest BCUT2D eigenvalue weighted by Crippen LogP contribution is 2.44. The smallest absolute Gasteiger partial charge is 0.150 e. The minimum absolute atomic E-state index is 0.386. The van der Waals surface area contributed by atoms with Gasteiger partial charge in [0, 0.05) is 19.1 Å². The molecule has 0 unspecified atom stereocenters. The molecule has 1 saturated heterocycles. The monoisotopic (exact) mass is 342 g/mol. The van der Waals surface area contributed by atoms with E-state index in [2.05, 4.69) is 22.6 Å². The molecule has 1 aliphatic heterocycles. The van der Waals surface area contributed by atoms with Gasteiger partial charge in [-0.15, -0.1) is 5.10 Å². The lowest BCUT2D eigenvalue weighted by atomic mass is 9.75. The SMILES string of the molecule is N#CC1(n2cc([C@@H](CCC3CCOCC3)C3CCCCC3)nn2)CC1. The molecule has 136 valence electrons. The summed E-state index contributed by atoms with van der Waals surface area (Å²) in [5, 5.41) is 18.3. The third-order valence-corrected chi connectivity index (χ3v) is 6.71. The molecule has 2 saturated carbocycles. The molecule has 0 aromatic carbocycles. The number of hydrogen-bond acceptors (Lipinski definition) is 4. The Hall–Kier alpha value is -1.41. The summed E-state index contributed by atoms with van der Waals surface area (Å²) in [5.74, 6) is 2.08. The second-order valence-corrected chi connectivity index (χ2v) is 8.37. The Kier molecular flexibility index (Phi) is 5.08. The predicted molar refractivity (Wildman–Crippen MR) is 94.9 cm³/mol. The first kappa shape index (κ1) is 17.0. The number of nitrogens with zero attached hydrogens (tertiary/aromatic N) is 4. The fourth-order valence-corrected chi connectivity index (χ4v) is 4.78. The van der Waals surface area contributed by atoms with Gasteiger partial charge in [0.1, 0.15) is 0 Å². The van der Waals surface area contributed by atoms with Crippen molar-refractivity contribution in [1.29, 1.82) is 5.26 Å². The Balaban J connectivity index is 1.47. The predicted octanol–water partition coefficient (Wildman–Crippen LogP) is 4.16. The van der Waals surface area contributed by atoms with Crippen molar-refractivity contribution in [3.63, 3.8) is 0 Å². The molecule has 0 bridgehead atoms. The molecule has 1 atom stereocenters. The summed E-state index contributed by atoms with van der Waals surface area (Å²) in [5.41, 5.74) is 0.753. The van der Waals surface area contributed by atoms with Crippen LogP contribution in [0.4, 0.5) is 0 Å². The summed E-state index contributed by atoms with van der Waals surface area (Å²) in [6.07, 6.45) is 15.6. The van der Waals surface area contributed by atoms with Crippen molar-refractivity contribution in [1.82, 2.24) is 15.0 Å². The first-order valence-corrected chi connectivity index (χ1v) is 10.2. The standard InChI is InChI=1S/C20H30N4O/c21-15-20(10-11-20)24-14-19(22-23-24)18(17-4-2-1-3-5-17)7-6-16-8-12-25-13-9-16/h14,16-18H,1-13H2/t18-/m0/s1. The summed E-state index contributed by atoms with van der Waals surface area (Å²) in [6, 6.07) is 2.43. The number of rotatable bonds is 6. The minimum Gasteiger partial charge on any atom is -0.381 e. The van der Waals surface area contributed by atoms with Gasteiger partial charge in [-0.05, 0) is 63.2 Å². The zero-order chi connectivity index (χ0) is 17.1. The molecule has 2 aliphatic carbocycles. The van der Waals surface area contributed by atoms with Crippen LogP contribution < -0.4 is 0 Å². The van der Waals surface area contributed by atoms with Crippen LogP contribution in [0.25, 0.3) is 0 Å². The first-order valence-electron chi connectivity index (χ1n) is 10.2. The molecule has 5 nitrogen and oxygen atoms in total. The van der Waals surface area contributed by atoms with Crippen LogP contribution in [-0.4, -0.2) is 28.2 Å². The number of nitriles is 1. The molecule has 0 spiro atoms. The van der Waals surface area contributed by atoms with Crippen molar-refractivity contribution in [3.05, 3.63) is 11.9 Å². The van der Waals surface area contributed by atoms with Crippen LogP contribution >= 0.6 is 0 Å². The maximum Gasteiger partial charge on any atom is 0.150 e. The van der Waals surface area contributed by atoms with Crippen LogP contribution in [0.3, 0.4) is 0 Å². The summed E-state index contributed by atoms with van der Waals surface area (Å²) < 4.78 is 7.37. The van der Waals surface area contributed by atoms with Gasteiger partial charge < -0.3 is 4.74 Å². The molecule has 5 heteroatoms. The lowest BCUT2D eigenvalue weighted by Gasteiger charge is -2.31. The number of hydrogen-bond donors (Lipinski definition) is 0. The van der Waals surface area contributed by atoms with Crippen molar-refractivity contribution >= 4 is 0 Å².